The molecule has 0 aromatic carbocycles. The highest BCUT2D eigenvalue weighted by Crippen LogP contribution is 2.29. The molecule has 2 saturated heterocycles. The van der Waals surface area contributed by atoms with Gasteiger partial charge in [-0.2, -0.15) is 0 Å². The van der Waals surface area contributed by atoms with Crippen molar-refractivity contribution in [3.63, 3.8) is 0 Å². The minimum Gasteiger partial charge on any atom is -0.356 e. The van der Waals surface area contributed by atoms with Crippen LogP contribution in [-0.4, -0.2) is 53.4 Å². The number of pyridine rings is 1. The molecule has 3 fully saturated rings. The summed E-state index contributed by atoms with van der Waals surface area (Å²) in [5, 5.41) is 3.20. The summed E-state index contributed by atoms with van der Waals surface area (Å²) in [7, 11) is 0. The molecule has 6 nitrogen and oxygen atoms in total. The van der Waals surface area contributed by atoms with Crippen LogP contribution in [0, 0.1) is 5.92 Å². The Labute approximate surface area is 155 Å². The predicted molar refractivity (Wildman–Crippen MR) is 99.7 cm³/mol. The standard InChI is InChI=1S/C20H28N4O2/c25-19-13-15(14-24(19)17-5-1-2-6-17)20(26)22-16-8-11-23(12-9-16)18-7-3-4-10-21-18/h3-4,7,10,15-17H,1-2,5-6,8-9,11-14H2,(H,22,26). The van der Waals surface area contributed by atoms with Crippen LogP contribution >= 0.6 is 0 Å². The van der Waals surface area contributed by atoms with Crippen molar-refractivity contribution in [1.29, 1.82) is 0 Å². The Bertz CT molecular complexity index is 636. The molecular weight excluding hydrogens is 328 g/mol. The SMILES string of the molecule is O=C(NC1CCN(c2ccccn2)CC1)C1CC(=O)N(C2CCCC2)C1. The van der Waals surface area contributed by atoms with Gasteiger partial charge in [-0.15, -0.1) is 0 Å². The van der Waals surface area contributed by atoms with Gasteiger partial charge in [0.05, 0.1) is 5.92 Å². The Morgan fingerprint density at radius 1 is 1.12 bits per heavy atom. The number of piperidine rings is 1. The number of hydrogen-bond donors (Lipinski definition) is 1. The van der Waals surface area contributed by atoms with Crippen molar-refractivity contribution in [2.75, 3.05) is 24.5 Å². The van der Waals surface area contributed by atoms with Crippen molar-refractivity contribution >= 4 is 17.6 Å². The number of likely N-dealkylation sites (tertiary alicyclic amines) is 1. The lowest BCUT2D eigenvalue weighted by molar-refractivity contribution is -0.130. The van der Waals surface area contributed by atoms with Crippen LogP contribution in [0.4, 0.5) is 5.82 Å². The minimum absolute atomic E-state index is 0.0649. The van der Waals surface area contributed by atoms with Crippen LogP contribution in [0.5, 0.6) is 0 Å². The van der Waals surface area contributed by atoms with Gasteiger partial charge in [0.25, 0.3) is 0 Å². The number of hydrogen-bond acceptors (Lipinski definition) is 4. The predicted octanol–water partition coefficient (Wildman–Crippen LogP) is 1.96. The van der Waals surface area contributed by atoms with Gasteiger partial charge >= 0.3 is 0 Å². The smallest absolute Gasteiger partial charge is 0.225 e. The van der Waals surface area contributed by atoms with Crippen molar-refractivity contribution in [2.24, 2.45) is 5.92 Å². The quantitative estimate of drug-likeness (QED) is 0.896. The zero-order valence-electron chi connectivity index (χ0n) is 15.3. The molecule has 0 radical (unpaired) electrons. The first kappa shape index (κ1) is 17.3. The number of anilines is 1. The average Bonchev–Trinajstić information content (AvgIpc) is 3.32. The molecule has 0 bridgehead atoms. The number of carbonyl (C=O) groups excluding carboxylic acids is 2. The summed E-state index contributed by atoms with van der Waals surface area (Å²) >= 11 is 0. The molecule has 2 aliphatic heterocycles. The van der Waals surface area contributed by atoms with Crippen LogP contribution in [0.25, 0.3) is 0 Å². The Hall–Kier alpha value is -2.11. The average molecular weight is 356 g/mol. The summed E-state index contributed by atoms with van der Waals surface area (Å²) in [6.45, 7) is 2.42. The van der Waals surface area contributed by atoms with Crippen LogP contribution < -0.4 is 10.2 Å². The Morgan fingerprint density at radius 3 is 2.58 bits per heavy atom. The van der Waals surface area contributed by atoms with Gasteiger partial charge in [0.2, 0.25) is 11.8 Å². The van der Waals surface area contributed by atoms with E-state index in [0.29, 0.717) is 19.0 Å². The number of nitrogens with one attached hydrogen (secondary N) is 1. The zero-order chi connectivity index (χ0) is 17.9. The van der Waals surface area contributed by atoms with E-state index in [1.54, 1.807) is 0 Å². The Kier molecular flexibility index (Phi) is 5.09. The number of aromatic nitrogens is 1. The van der Waals surface area contributed by atoms with Crippen molar-refractivity contribution in [3.05, 3.63) is 24.4 Å². The van der Waals surface area contributed by atoms with Gasteiger partial charge in [-0.25, -0.2) is 4.98 Å². The molecular formula is C20H28N4O2. The lowest BCUT2D eigenvalue weighted by Gasteiger charge is -2.33. The lowest BCUT2D eigenvalue weighted by Crippen LogP contribution is -2.47. The molecule has 1 N–H and O–H groups in total. The zero-order valence-corrected chi connectivity index (χ0v) is 15.3. The first-order chi connectivity index (χ1) is 12.7. The van der Waals surface area contributed by atoms with Gasteiger partial charge in [0.1, 0.15) is 5.82 Å². The molecule has 140 valence electrons. The van der Waals surface area contributed by atoms with E-state index in [4.69, 9.17) is 0 Å². The Morgan fingerprint density at radius 2 is 1.88 bits per heavy atom. The van der Waals surface area contributed by atoms with E-state index < -0.39 is 0 Å². The largest absolute Gasteiger partial charge is 0.356 e. The first-order valence-corrected chi connectivity index (χ1v) is 9.96. The Balaban J connectivity index is 1.26. The second-order valence-electron chi connectivity index (χ2n) is 7.84. The third-order valence-electron chi connectivity index (χ3n) is 6.11. The lowest BCUT2D eigenvalue weighted by atomic mass is 10.0. The highest BCUT2D eigenvalue weighted by molar-refractivity contribution is 5.89. The van der Waals surface area contributed by atoms with Crippen molar-refractivity contribution < 1.29 is 9.59 Å². The van der Waals surface area contributed by atoms with E-state index in [0.717, 1.165) is 44.6 Å². The summed E-state index contributed by atoms with van der Waals surface area (Å²) in [5.74, 6) is 1.07. The fourth-order valence-corrected chi connectivity index (χ4v) is 4.59. The normalized spacial score (nSPS) is 25.1. The molecule has 1 aliphatic carbocycles. The van der Waals surface area contributed by atoms with Crippen LogP contribution in [0.15, 0.2) is 24.4 Å². The summed E-state index contributed by atoms with van der Waals surface area (Å²) in [6, 6.07) is 6.54. The number of rotatable bonds is 4. The first-order valence-electron chi connectivity index (χ1n) is 9.96. The molecule has 3 heterocycles. The van der Waals surface area contributed by atoms with Crippen LogP contribution in [0.1, 0.15) is 44.9 Å². The van der Waals surface area contributed by atoms with E-state index >= 15 is 0 Å². The maximum Gasteiger partial charge on any atom is 0.225 e. The molecule has 1 aromatic rings. The second kappa shape index (κ2) is 7.64. The third kappa shape index (κ3) is 3.69. The molecule has 2 amide bonds. The summed E-state index contributed by atoms with van der Waals surface area (Å²) in [6.07, 6.45) is 8.68. The number of amides is 2. The summed E-state index contributed by atoms with van der Waals surface area (Å²) in [4.78, 5) is 33.6. The molecule has 0 spiro atoms. The van der Waals surface area contributed by atoms with Crippen molar-refractivity contribution in [3.8, 4) is 0 Å². The van der Waals surface area contributed by atoms with Gasteiger partial charge in [-0.05, 0) is 37.8 Å². The monoisotopic (exact) mass is 356 g/mol. The van der Waals surface area contributed by atoms with Gasteiger partial charge in [-0.1, -0.05) is 18.9 Å². The topological polar surface area (TPSA) is 65.5 Å². The van der Waals surface area contributed by atoms with Crippen LogP contribution in [-0.2, 0) is 9.59 Å². The summed E-state index contributed by atoms with van der Waals surface area (Å²) in [5.41, 5.74) is 0. The van der Waals surface area contributed by atoms with E-state index in [1.165, 1.54) is 12.8 Å². The van der Waals surface area contributed by atoms with Gasteiger partial charge in [0.15, 0.2) is 0 Å². The number of nitrogens with zero attached hydrogens (tertiary/aromatic N) is 3. The van der Waals surface area contributed by atoms with E-state index in [2.05, 4.69) is 15.2 Å². The molecule has 3 aliphatic rings. The van der Waals surface area contributed by atoms with Crippen molar-refractivity contribution in [2.45, 2.75) is 57.0 Å². The molecule has 4 rings (SSSR count). The molecule has 1 saturated carbocycles. The summed E-state index contributed by atoms with van der Waals surface area (Å²) < 4.78 is 0. The van der Waals surface area contributed by atoms with Gasteiger partial charge in [-0.3, -0.25) is 9.59 Å². The highest BCUT2D eigenvalue weighted by Gasteiger charge is 2.39. The molecule has 1 aromatic heterocycles. The van der Waals surface area contributed by atoms with E-state index in [1.807, 2.05) is 29.3 Å². The molecule has 1 unspecified atom stereocenters. The highest BCUT2D eigenvalue weighted by atomic mass is 16.2. The third-order valence-corrected chi connectivity index (χ3v) is 6.11. The van der Waals surface area contributed by atoms with Crippen LogP contribution in [0.2, 0.25) is 0 Å². The second-order valence-corrected chi connectivity index (χ2v) is 7.84. The maximum atomic E-state index is 12.7. The van der Waals surface area contributed by atoms with Gasteiger partial charge < -0.3 is 15.1 Å². The van der Waals surface area contributed by atoms with E-state index in [9.17, 15) is 9.59 Å². The molecule has 1 atom stereocenters. The maximum absolute atomic E-state index is 12.7. The number of carbonyl (C=O) groups is 2. The van der Waals surface area contributed by atoms with Gasteiger partial charge in [0, 0.05) is 44.3 Å². The molecule has 6 heteroatoms. The molecule has 26 heavy (non-hydrogen) atoms. The fraction of sp³-hybridized carbons (Fsp3) is 0.650. The van der Waals surface area contributed by atoms with Crippen molar-refractivity contribution in [1.82, 2.24) is 15.2 Å². The fourth-order valence-electron chi connectivity index (χ4n) is 4.59. The van der Waals surface area contributed by atoms with E-state index in [-0.39, 0.29) is 23.8 Å². The van der Waals surface area contributed by atoms with Crippen LogP contribution in [0.3, 0.4) is 0 Å². The minimum atomic E-state index is -0.170.